The molecule has 0 aromatic heterocycles. The fourth-order valence-corrected chi connectivity index (χ4v) is 1.14. The van der Waals surface area contributed by atoms with E-state index < -0.39 is 5.60 Å². The van der Waals surface area contributed by atoms with Crippen LogP contribution in [0.1, 0.15) is 25.8 Å². The first-order chi connectivity index (χ1) is 7.44. The summed E-state index contributed by atoms with van der Waals surface area (Å²) in [5, 5.41) is 9.75. The second-order valence-electron chi connectivity index (χ2n) is 4.32. The number of benzene rings is 1. The molecule has 0 radical (unpaired) electrons. The summed E-state index contributed by atoms with van der Waals surface area (Å²) in [4.78, 5) is 2.04. The second kappa shape index (κ2) is 5.05. The van der Waals surface area contributed by atoms with E-state index in [2.05, 4.69) is 11.8 Å². The average Bonchev–Trinajstić information content (AvgIpc) is 2.27. The number of aliphatic hydroxyl groups is 1. The van der Waals surface area contributed by atoms with E-state index in [9.17, 15) is 5.11 Å². The lowest BCUT2D eigenvalue weighted by molar-refractivity contribution is 0.118. The SMILES string of the molecule is CCC(C)(O)C#Cc1ccc(N(C)C)cc1. The molecule has 0 aliphatic rings. The Kier molecular flexibility index (Phi) is 3.98. The quantitative estimate of drug-likeness (QED) is 0.768. The summed E-state index contributed by atoms with van der Waals surface area (Å²) in [5.74, 6) is 5.85. The van der Waals surface area contributed by atoms with Crippen molar-refractivity contribution in [1.29, 1.82) is 0 Å². The van der Waals surface area contributed by atoms with Crippen LogP contribution < -0.4 is 4.90 Å². The minimum atomic E-state index is -0.889. The molecule has 1 N–H and O–H groups in total. The topological polar surface area (TPSA) is 23.5 Å². The first-order valence-corrected chi connectivity index (χ1v) is 5.47. The van der Waals surface area contributed by atoms with Crippen LogP contribution in [0.3, 0.4) is 0 Å². The number of rotatable bonds is 2. The van der Waals surface area contributed by atoms with Crippen LogP contribution in [-0.2, 0) is 0 Å². The van der Waals surface area contributed by atoms with Crippen LogP contribution >= 0.6 is 0 Å². The molecule has 0 heterocycles. The minimum absolute atomic E-state index is 0.635. The summed E-state index contributed by atoms with van der Waals surface area (Å²) < 4.78 is 0. The molecule has 0 fully saturated rings. The van der Waals surface area contributed by atoms with E-state index in [1.165, 1.54) is 0 Å². The number of hydrogen-bond acceptors (Lipinski definition) is 2. The Hall–Kier alpha value is -1.46. The molecule has 86 valence electrons. The van der Waals surface area contributed by atoms with Gasteiger partial charge in [0.2, 0.25) is 0 Å². The van der Waals surface area contributed by atoms with Gasteiger partial charge in [0.15, 0.2) is 0 Å². The summed E-state index contributed by atoms with van der Waals surface area (Å²) in [5.41, 5.74) is 1.19. The van der Waals surface area contributed by atoms with E-state index >= 15 is 0 Å². The van der Waals surface area contributed by atoms with Crippen molar-refractivity contribution in [3.05, 3.63) is 29.8 Å². The maximum atomic E-state index is 9.75. The highest BCUT2D eigenvalue weighted by atomic mass is 16.3. The van der Waals surface area contributed by atoms with Gasteiger partial charge in [-0.05, 0) is 37.6 Å². The molecule has 2 nitrogen and oxygen atoms in total. The van der Waals surface area contributed by atoms with Crippen molar-refractivity contribution in [2.45, 2.75) is 25.9 Å². The van der Waals surface area contributed by atoms with E-state index in [1.54, 1.807) is 6.92 Å². The first-order valence-electron chi connectivity index (χ1n) is 5.47. The lowest BCUT2D eigenvalue weighted by Gasteiger charge is -2.12. The van der Waals surface area contributed by atoms with E-state index in [1.807, 2.05) is 50.2 Å². The van der Waals surface area contributed by atoms with Gasteiger partial charge in [-0.2, -0.15) is 0 Å². The van der Waals surface area contributed by atoms with E-state index in [4.69, 9.17) is 0 Å². The maximum absolute atomic E-state index is 9.75. The highest BCUT2D eigenvalue weighted by molar-refractivity contribution is 5.49. The fraction of sp³-hybridized carbons (Fsp3) is 0.429. The molecular weight excluding hydrogens is 198 g/mol. The molecule has 2 heteroatoms. The largest absolute Gasteiger partial charge is 0.378 e. The zero-order valence-electron chi connectivity index (χ0n) is 10.4. The van der Waals surface area contributed by atoms with E-state index in [0.29, 0.717) is 6.42 Å². The molecule has 0 aliphatic carbocycles. The van der Waals surface area contributed by atoms with Crippen LogP contribution in [0.5, 0.6) is 0 Å². The fourth-order valence-electron chi connectivity index (χ4n) is 1.14. The van der Waals surface area contributed by atoms with Crippen LogP contribution in [0.15, 0.2) is 24.3 Å². The third-order valence-corrected chi connectivity index (χ3v) is 2.55. The summed E-state index contributed by atoms with van der Waals surface area (Å²) >= 11 is 0. The zero-order valence-corrected chi connectivity index (χ0v) is 10.4. The van der Waals surface area contributed by atoms with Gasteiger partial charge in [-0.25, -0.2) is 0 Å². The number of anilines is 1. The molecule has 1 aromatic carbocycles. The zero-order chi connectivity index (χ0) is 12.2. The van der Waals surface area contributed by atoms with Gasteiger partial charge >= 0.3 is 0 Å². The smallest absolute Gasteiger partial charge is 0.122 e. The Labute approximate surface area is 97.9 Å². The van der Waals surface area contributed by atoms with Gasteiger partial charge in [-0.15, -0.1) is 0 Å². The molecule has 0 saturated heterocycles. The lowest BCUT2D eigenvalue weighted by Crippen LogP contribution is -2.19. The normalized spacial score (nSPS) is 13.6. The van der Waals surface area contributed by atoms with E-state index in [-0.39, 0.29) is 0 Å². The van der Waals surface area contributed by atoms with Crippen molar-refractivity contribution in [3.8, 4) is 11.8 Å². The molecule has 1 aromatic rings. The van der Waals surface area contributed by atoms with Gasteiger partial charge in [0.25, 0.3) is 0 Å². The summed E-state index contributed by atoms with van der Waals surface area (Å²) in [7, 11) is 4.01. The molecule has 16 heavy (non-hydrogen) atoms. The predicted octanol–water partition coefficient (Wildman–Crippen LogP) is 2.27. The predicted molar refractivity (Wildman–Crippen MR) is 68.6 cm³/mol. The monoisotopic (exact) mass is 217 g/mol. The van der Waals surface area contributed by atoms with Gasteiger partial charge < -0.3 is 10.0 Å². The standard InChI is InChI=1S/C14H19NO/c1-5-14(2,16)11-10-12-6-8-13(9-7-12)15(3)4/h6-9,16H,5H2,1-4H3. The van der Waals surface area contributed by atoms with Crippen molar-refractivity contribution in [2.24, 2.45) is 0 Å². The highest BCUT2D eigenvalue weighted by Crippen LogP contribution is 2.12. The Balaban J connectivity index is 2.84. The molecule has 1 atom stereocenters. The van der Waals surface area contributed by atoms with Gasteiger partial charge in [0, 0.05) is 25.3 Å². The third-order valence-electron chi connectivity index (χ3n) is 2.55. The summed E-state index contributed by atoms with van der Waals surface area (Å²) in [6.07, 6.45) is 0.635. The Morgan fingerprint density at radius 3 is 2.25 bits per heavy atom. The molecule has 0 aliphatic heterocycles. The van der Waals surface area contributed by atoms with Crippen molar-refractivity contribution in [1.82, 2.24) is 0 Å². The first kappa shape index (κ1) is 12.6. The molecule has 1 rings (SSSR count). The average molecular weight is 217 g/mol. The second-order valence-corrected chi connectivity index (χ2v) is 4.32. The Bertz CT molecular complexity index is 393. The maximum Gasteiger partial charge on any atom is 0.122 e. The minimum Gasteiger partial charge on any atom is -0.378 e. The Morgan fingerprint density at radius 2 is 1.81 bits per heavy atom. The number of hydrogen-bond donors (Lipinski definition) is 1. The van der Waals surface area contributed by atoms with Gasteiger partial charge in [-0.1, -0.05) is 18.8 Å². The van der Waals surface area contributed by atoms with Gasteiger partial charge in [0.1, 0.15) is 5.60 Å². The van der Waals surface area contributed by atoms with Gasteiger partial charge in [-0.3, -0.25) is 0 Å². The Morgan fingerprint density at radius 1 is 1.25 bits per heavy atom. The summed E-state index contributed by atoms with van der Waals surface area (Å²) in [6.45, 7) is 3.65. The van der Waals surface area contributed by atoms with Crippen LogP contribution in [0.4, 0.5) is 5.69 Å². The lowest BCUT2D eigenvalue weighted by atomic mass is 10.0. The van der Waals surface area contributed by atoms with Crippen molar-refractivity contribution in [2.75, 3.05) is 19.0 Å². The molecule has 0 amide bonds. The molecule has 0 saturated carbocycles. The highest BCUT2D eigenvalue weighted by Gasteiger charge is 2.12. The van der Waals surface area contributed by atoms with Gasteiger partial charge in [0.05, 0.1) is 0 Å². The van der Waals surface area contributed by atoms with Crippen LogP contribution in [0, 0.1) is 11.8 Å². The van der Waals surface area contributed by atoms with Crippen LogP contribution in [0.25, 0.3) is 0 Å². The number of nitrogens with zero attached hydrogens (tertiary/aromatic N) is 1. The summed E-state index contributed by atoms with van der Waals surface area (Å²) in [6, 6.07) is 7.97. The van der Waals surface area contributed by atoms with Crippen LogP contribution in [0.2, 0.25) is 0 Å². The van der Waals surface area contributed by atoms with Crippen LogP contribution in [-0.4, -0.2) is 24.8 Å². The van der Waals surface area contributed by atoms with Crippen molar-refractivity contribution in [3.63, 3.8) is 0 Å². The molecular formula is C14H19NO. The third kappa shape index (κ3) is 3.60. The van der Waals surface area contributed by atoms with E-state index in [0.717, 1.165) is 11.3 Å². The van der Waals surface area contributed by atoms with Crippen molar-refractivity contribution >= 4 is 5.69 Å². The van der Waals surface area contributed by atoms with Crippen molar-refractivity contribution < 1.29 is 5.11 Å². The molecule has 0 spiro atoms. The molecule has 0 bridgehead atoms. The molecule has 1 unspecified atom stereocenters.